The number of hydrogen-bond donors (Lipinski definition) is 3. The molecule has 15 heavy (non-hydrogen) atoms. The van der Waals surface area contributed by atoms with Crippen LogP contribution in [0.3, 0.4) is 0 Å². The maximum atomic E-state index is 4.12. The molecule has 7 nitrogen and oxygen atoms in total. The van der Waals surface area contributed by atoms with E-state index in [4.69, 9.17) is 0 Å². The van der Waals surface area contributed by atoms with Gasteiger partial charge in [0.15, 0.2) is 0 Å². The molecule has 2 atom stereocenters. The predicted molar refractivity (Wildman–Crippen MR) is 50.9 cm³/mol. The molecule has 78 valence electrons. The maximum absolute atomic E-state index is 4.12. The Labute approximate surface area is 85.7 Å². The summed E-state index contributed by atoms with van der Waals surface area (Å²) >= 11 is 0. The number of H-pyrrole nitrogens is 2. The van der Waals surface area contributed by atoms with Crippen LogP contribution in [-0.4, -0.2) is 37.4 Å². The average Bonchev–Trinajstić information content (AvgIpc) is 3.01. The van der Waals surface area contributed by atoms with Crippen molar-refractivity contribution in [2.45, 2.75) is 18.4 Å². The standard InChI is InChI=1S/C8H11N7/c1-2-9-8(7-4-11-15-13-7)5(1)6-3-10-14-12-6/h3-5,8-9H,1-2H2,(H,10,12,14)(H,11,13,15). The molecule has 3 heterocycles. The van der Waals surface area contributed by atoms with E-state index in [2.05, 4.69) is 36.1 Å². The molecule has 1 saturated heterocycles. The first-order valence-electron chi connectivity index (χ1n) is 4.90. The van der Waals surface area contributed by atoms with Gasteiger partial charge >= 0.3 is 0 Å². The van der Waals surface area contributed by atoms with Crippen molar-refractivity contribution in [3.8, 4) is 0 Å². The third-order valence-electron chi connectivity index (χ3n) is 2.79. The predicted octanol–water partition coefficient (Wildman–Crippen LogP) is -0.259. The molecule has 0 bridgehead atoms. The van der Waals surface area contributed by atoms with Crippen molar-refractivity contribution in [1.29, 1.82) is 0 Å². The maximum Gasteiger partial charge on any atom is 0.100 e. The summed E-state index contributed by atoms with van der Waals surface area (Å²) in [6, 6.07) is 0.189. The molecule has 0 aromatic carbocycles. The molecule has 3 rings (SSSR count). The number of nitrogens with zero attached hydrogens (tertiary/aromatic N) is 4. The van der Waals surface area contributed by atoms with E-state index in [1.807, 2.05) is 0 Å². The Balaban J connectivity index is 1.90. The van der Waals surface area contributed by atoms with Crippen molar-refractivity contribution in [2.75, 3.05) is 6.54 Å². The summed E-state index contributed by atoms with van der Waals surface area (Å²) in [5.74, 6) is 0.328. The molecule has 2 unspecified atom stereocenters. The highest BCUT2D eigenvalue weighted by Crippen LogP contribution is 2.34. The molecule has 3 N–H and O–H groups in total. The summed E-state index contributed by atoms with van der Waals surface area (Å²) in [6.07, 6.45) is 4.56. The van der Waals surface area contributed by atoms with Crippen LogP contribution in [0.5, 0.6) is 0 Å². The molecule has 0 saturated carbocycles. The van der Waals surface area contributed by atoms with Crippen LogP contribution in [0, 0.1) is 0 Å². The SMILES string of the molecule is c1n[nH]nc1C1CCNC1c1cn[nH]n1. The molecule has 0 radical (unpaired) electrons. The number of hydrogen-bond acceptors (Lipinski definition) is 5. The zero-order valence-electron chi connectivity index (χ0n) is 8.01. The van der Waals surface area contributed by atoms with Crippen molar-refractivity contribution in [1.82, 2.24) is 36.1 Å². The highest BCUT2D eigenvalue weighted by molar-refractivity contribution is 5.16. The Hall–Kier alpha value is -1.76. The summed E-state index contributed by atoms with van der Waals surface area (Å²) in [7, 11) is 0. The summed E-state index contributed by atoms with van der Waals surface area (Å²) in [4.78, 5) is 0. The second kappa shape index (κ2) is 3.43. The normalized spacial score (nSPS) is 25.9. The van der Waals surface area contributed by atoms with E-state index >= 15 is 0 Å². The molecule has 2 aromatic rings. The van der Waals surface area contributed by atoms with E-state index in [1.54, 1.807) is 12.4 Å². The first kappa shape index (κ1) is 8.54. The molecule has 7 heteroatoms. The topological polar surface area (TPSA) is 95.2 Å². The van der Waals surface area contributed by atoms with Crippen LogP contribution < -0.4 is 5.32 Å². The minimum atomic E-state index is 0.189. The fourth-order valence-corrected chi connectivity index (χ4v) is 2.08. The lowest BCUT2D eigenvalue weighted by Crippen LogP contribution is -2.17. The van der Waals surface area contributed by atoms with Gasteiger partial charge in [0.05, 0.1) is 24.1 Å². The third kappa shape index (κ3) is 1.40. The molecular formula is C8H11N7. The summed E-state index contributed by atoms with van der Waals surface area (Å²) in [5, 5.41) is 24.5. The van der Waals surface area contributed by atoms with Crippen LogP contribution >= 0.6 is 0 Å². The van der Waals surface area contributed by atoms with Crippen molar-refractivity contribution >= 4 is 0 Å². The highest BCUT2D eigenvalue weighted by atomic mass is 15.3. The van der Waals surface area contributed by atoms with Gasteiger partial charge in [-0.1, -0.05) is 0 Å². The van der Waals surface area contributed by atoms with Gasteiger partial charge in [-0.2, -0.15) is 30.8 Å². The molecule has 2 aromatic heterocycles. The zero-order chi connectivity index (χ0) is 10.1. The Morgan fingerprint density at radius 1 is 1.07 bits per heavy atom. The van der Waals surface area contributed by atoms with Gasteiger partial charge in [0.1, 0.15) is 5.69 Å². The van der Waals surface area contributed by atoms with Gasteiger partial charge in [-0.05, 0) is 13.0 Å². The summed E-state index contributed by atoms with van der Waals surface area (Å²) in [5.41, 5.74) is 1.91. The van der Waals surface area contributed by atoms with Gasteiger partial charge in [0, 0.05) is 5.92 Å². The van der Waals surface area contributed by atoms with E-state index in [-0.39, 0.29) is 6.04 Å². The van der Waals surface area contributed by atoms with Crippen LogP contribution in [0.2, 0.25) is 0 Å². The number of rotatable bonds is 2. The Morgan fingerprint density at radius 2 is 1.80 bits per heavy atom. The largest absolute Gasteiger partial charge is 0.308 e. The molecule has 0 aliphatic carbocycles. The lowest BCUT2D eigenvalue weighted by molar-refractivity contribution is 0.550. The van der Waals surface area contributed by atoms with Crippen molar-refractivity contribution < 1.29 is 0 Å². The van der Waals surface area contributed by atoms with Gasteiger partial charge in [-0.25, -0.2) is 0 Å². The number of aromatic amines is 2. The van der Waals surface area contributed by atoms with E-state index in [0.717, 1.165) is 24.4 Å². The Morgan fingerprint density at radius 3 is 2.47 bits per heavy atom. The van der Waals surface area contributed by atoms with Crippen LogP contribution in [0.25, 0.3) is 0 Å². The van der Waals surface area contributed by atoms with Gasteiger partial charge in [-0.15, -0.1) is 0 Å². The molecule has 0 spiro atoms. The second-order valence-electron chi connectivity index (χ2n) is 3.62. The minimum Gasteiger partial charge on any atom is -0.308 e. The smallest absolute Gasteiger partial charge is 0.100 e. The van der Waals surface area contributed by atoms with Crippen LogP contribution in [-0.2, 0) is 0 Å². The number of aromatic nitrogens is 6. The van der Waals surface area contributed by atoms with Crippen molar-refractivity contribution in [3.63, 3.8) is 0 Å². The second-order valence-corrected chi connectivity index (χ2v) is 3.62. The first-order chi connectivity index (χ1) is 7.45. The van der Waals surface area contributed by atoms with Gasteiger partial charge in [0.25, 0.3) is 0 Å². The van der Waals surface area contributed by atoms with E-state index < -0.39 is 0 Å². The third-order valence-corrected chi connectivity index (χ3v) is 2.79. The summed E-state index contributed by atoms with van der Waals surface area (Å²) in [6.45, 7) is 0.967. The monoisotopic (exact) mass is 205 g/mol. The lowest BCUT2D eigenvalue weighted by atomic mass is 9.96. The molecule has 0 amide bonds. The minimum absolute atomic E-state index is 0.189. The first-order valence-corrected chi connectivity index (χ1v) is 4.90. The van der Waals surface area contributed by atoms with Gasteiger partial charge in [-0.3, -0.25) is 0 Å². The van der Waals surface area contributed by atoms with Crippen LogP contribution in [0.15, 0.2) is 12.4 Å². The fourth-order valence-electron chi connectivity index (χ4n) is 2.08. The van der Waals surface area contributed by atoms with Crippen molar-refractivity contribution in [3.05, 3.63) is 23.8 Å². The van der Waals surface area contributed by atoms with Gasteiger partial charge in [0.2, 0.25) is 0 Å². The summed E-state index contributed by atoms with van der Waals surface area (Å²) < 4.78 is 0. The molecule has 1 fully saturated rings. The fraction of sp³-hybridized carbons (Fsp3) is 0.500. The van der Waals surface area contributed by atoms with Gasteiger partial charge < -0.3 is 5.32 Å². The molecular weight excluding hydrogens is 194 g/mol. The van der Waals surface area contributed by atoms with Crippen molar-refractivity contribution in [2.24, 2.45) is 0 Å². The molecule has 1 aliphatic heterocycles. The Bertz CT molecular complexity index is 366. The van der Waals surface area contributed by atoms with E-state index in [9.17, 15) is 0 Å². The average molecular weight is 205 g/mol. The lowest BCUT2D eigenvalue weighted by Gasteiger charge is -2.13. The number of nitrogens with one attached hydrogen (secondary N) is 3. The Kier molecular flexibility index (Phi) is 1.95. The van der Waals surface area contributed by atoms with E-state index in [0.29, 0.717) is 5.92 Å². The quantitative estimate of drug-likeness (QED) is 0.628. The van der Waals surface area contributed by atoms with Crippen LogP contribution in [0.4, 0.5) is 0 Å². The van der Waals surface area contributed by atoms with E-state index in [1.165, 1.54) is 0 Å². The molecule has 1 aliphatic rings. The van der Waals surface area contributed by atoms with Crippen LogP contribution in [0.1, 0.15) is 29.8 Å². The zero-order valence-corrected chi connectivity index (χ0v) is 8.01. The highest BCUT2D eigenvalue weighted by Gasteiger charge is 2.32.